The number of nitrogens with one attached hydrogen (secondary N) is 1. The van der Waals surface area contributed by atoms with Crippen molar-refractivity contribution in [1.29, 1.82) is 0 Å². The third-order valence-electron chi connectivity index (χ3n) is 2.75. The van der Waals surface area contributed by atoms with E-state index in [9.17, 15) is 9.18 Å². The molecular weight excluding hydrogens is 263 g/mol. The highest BCUT2D eigenvalue weighted by Gasteiger charge is 2.20. The molecule has 0 unspecified atom stereocenters. The van der Waals surface area contributed by atoms with Crippen LogP contribution in [-0.2, 0) is 0 Å². The number of carbonyl (C=O) groups excluding carboxylic acids is 1. The molecule has 19 heavy (non-hydrogen) atoms. The lowest BCUT2D eigenvalue weighted by Gasteiger charge is -2.06. The first kappa shape index (κ1) is 11.8. The quantitative estimate of drug-likeness (QED) is 0.742. The smallest absolute Gasteiger partial charge is 0.212 e. The zero-order valence-electron chi connectivity index (χ0n) is 9.76. The van der Waals surface area contributed by atoms with Crippen LogP contribution in [-0.4, -0.2) is 15.8 Å². The summed E-state index contributed by atoms with van der Waals surface area (Å²) >= 11 is 1.37. The van der Waals surface area contributed by atoms with Crippen molar-refractivity contribution in [2.24, 2.45) is 0 Å². The summed E-state index contributed by atoms with van der Waals surface area (Å²) in [6.45, 7) is 0. The predicted molar refractivity (Wildman–Crippen MR) is 71.7 cm³/mol. The molecule has 0 amide bonds. The van der Waals surface area contributed by atoms with Crippen LogP contribution in [0.2, 0.25) is 0 Å². The number of hydrogen-bond acceptors (Lipinski definition) is 3. The molecule has 94 valence electrons. The fourth-order valence-electron chi connectivity index (χ4n) is 1.90. The van der Waals surface area contributed by atoms with Crippen molar-refractivity contribution in [3.63, 3.8) is 0 Å². The first-order valence-electron chi connectivity index (χ1n) is 5.64. The summed E-state index contributed by atoms with van der Waals surface area (Å²) < 4.78 is 14.0. The van der Waals surface area contributed by atoms with Crippen LogP contribution in [0.3, 0.4) is 0 Å². The molecule has 2 aromatic heterocycles. The molecule has 3 nitrogen and oxygen atoms in total. The Morgan fingerprint density at radius 1 is 1.26 bits per heavy atom. The van der Waals surface area contributed by atoms with Crippen molar-refractivity contribution in [1.82, 2.24) is 9.97 Å². The Bertz CT molecular complexity index is 705. The fraction of sp³-hybridized carbons (Fsp3) is 0. The molecule has 0 aliphatic carbocycles. The van der Waals surface area contributed by atoms with Crippen LogP contribution in [0.4, 0.5) is 4.39 Å². The third kappa shape index (κ3) is 2.08. The van der Waals surface area contributed by atoms with Crippen molar-refractivity contribution in [3.05, 3.63) is 65.2 Å². The van der Waals surface area contributed by atoms with E-state index in [4.69, 9.17) is 0 Å². The lowest BCUT2D eigenvalue weighted by molar-refractivity contribution is 0.103. The number of rotatable bonds is 3. The van der Waals surface area contributed by atoms with Crippen LogP contribution < -0.4 is 0 Å². The Morgan fingerprint density at radius 3 is 2.84 bits per heavy atom. The Kier molecular flexibility index (Phi) is 2.97. The van der Waals surface area contributed by atoms with E-state index >= 15 is 0 Å². The van der Waals surface area contributed by atoms with Gasteiger partial charge in [-0.3, -0.25) is 4.79 Å². The highest BCUT2D eigenvalue weighted by Crippen LogP contribution is 2.28. The average Bonchev–Trinajstić information content (AvgIpc) is 3.11. The van der Waals surface area contributed by atoms with Gasteiger partial charge in [0.25, 0.3) is 0 Å². The summed E-state index contributed by atoms with van der Waals surface area (Å²) in [5, 5.41) is 2.43. The van der Waals surface area contributed by atoms with Gasteiger partial charge >= 0.3 is 0 Å². The molecular formula is C14H9FN2OS. The summed E-state index contributed by atoms with van der Waals surface area (Å²) in [6.07, 6.45) is 3.27. The van der Waals surface area contributed by atoms with Gasteiger partial charge in [-0.1, -0.05) is 12.1 Å². The van der Waals surface area contributed by atoms with Gasteiger partial charge in [0, 0.05) is 23.3 Å². The molecule has 0 saturated heterocycles. The number of H-pyrrole nitrogens is 1. The van der Waals surface area contributed by atoms with Crippen LogP contribution in [0.5, 0.6) is 0 Å². The maximum atomic E-state index is 14.0. The van der Waals surface area contributed by atoms with Crippen molar-refractivity contribution in [2.75, 3.05) is 0 Å². The monoisotopic (exact) mass is 272 g/mol. The summed E-state index contributed by atoms with van der Waals surface area (Å²) in [4.78, 5) is 19.3. The van der Waals surface area contributed by atoms with Gasteiger partial charge in [0.2, 0.25) is 5.78 Å². The van der Waals surface area contributed by atoms with Gasteiger partial charge in [-0.2, -0.15) is 0 Å². The van der Waals surface area contributed by atoms with Gasteiger partial charge in [0.1, 0.15) is 10.8 Å². The molecule has 0 spiro atoms. The Morgan fingerprint density at radius 2 is 2.16 bits per heavy atom. The normalized spacial score (nSPS) is 10.6. The molecule has 1 aromatic carbocycles. The topological polar surface area (TPSA) is 45.8 Å². The zero-order chi connectivity index (χ0) is 13.2. The molecule has 0 saturated carbocycles. The average molecular weight is 272 g/mol. The molecule has 0 atom stereocenters. The van der Waals surface area contributed by atoms with Crippen molar-refractivity contribution < 1.29 is 9.18 Å². The number of halogens is 1. The number of carbonyl (C=O) groups is 1. The summed E-state index contributed by atoms with van der Waals surface area (Å²) in [6, 6.07) is 7.90. The van der Waals surface area contributed by atoms with E-state index < -0.39 is 5.82 Å². The summed E-state index contributed by atoms with van der Waals surface area (Å²) in [5.74, 6) is -0.902. The highest BCUT2D eigenvalue weighted by atomic mass is 32.1. The predicted octanol–water partition coefficient (Wildman–Crippen LogP) is 3.51. The molecule has 2 heterocycles. The number of nitrogens with zero attached hydrogens (tertiary/aromatic N) is 1. The van der Waals surface area contributed by atoms with Crippen molar-refractivity contribution in [3.8, 4) is 10.6 Å². The van der Waals surface area contributed by atoms with E-state index in [2.05, 4.69) is 9.97 Å². The number of thiazole rings is 1. The van der Waals surface area contributed by atoms with E-state index in [1.54, 1.807) is 42.0 Å². The Balaban J connectivity index is 2.18. The van der Waals surface area contributed by atoms with E-state index in [-0.39, 0.29) is 11.3 Å². The first-order valence-corrected chi connectivity index (χ1v) is 6.52. The van der Waals surface area contributed by atoms with E-state index in [0.29, 0.717) is 16.3 Å². The van der Waals surface area contributed by atoms with E-state index in [0.717, 1.165) is 0 Å². The molecule has 3 aromatic rings. The van der Waals surface area contributed by atoms with Crippen molar-refractivity contribution in [2.45, 2.75) is 0 Å². The van der Waals surface area contributed by atoms with Crippen LogP contribution in [0.25, 0.3) is 10.6 Å². The second-order valence-corrected chi connectivity index (χ2v) is 4.81. The first-order chi connectivity index (χ1) is 9.27. The molecule has 0 aliphatic rings. The standard InChI is InChI=1S/C14H9FN2OS/c15-10-4-1-3-9(14-17-7-8-19-14)12(10)13(18)11-5-2-6-16-11/h1-8,16H. The van der Waals surface area contributed by atoms with Crippen LogP contribution in [0.15, 0.2) is 48.1 Å². The number of aromatic amines is 1. The number of benzene rings is 1. The summed E-state index contributed by atoms with van der Waals surface area (Å²) in [7, 11) is 0. The van der Waals surface area contributed by atoms with Gasteiger partial charge in [-0.25, -0.2) is 9.37 Å². The van der Waals surface area contributed by atoms with Gasteiger partial charge in [-0.05, 0) is 18.2 Å². The van der Waals surface area contributed by atoms with Crippen molar-refractivity contribution >= 4 is 17.1 Å². The zero-order valence-corrected chi connectivity index (χ0v) is 10.6. The fourth-order valence-corrected chi connectivity index (χ4v) is 2.57. The molecule has 1 N–H and O–H groups in total. The van der Waals surface area contributed by atoms with Crippen LogP contribution in [0.1, 0.15) is 16.1 Å². The maximum absolute atomic E-state index is 14.0. The Labute approximate surface area is 112 Å². The number of ketones is 1. The lowest BCUT2D eigenvalue weighted by Crippen LogP contribution is -2.07. The van der Waals surface area contributed by atoms with Crippen LogP contribution >= 0.6 is 11.3 Å². The second kappa shape index (κ2) is 4.78. The number of aromatic nitrogens is 2. The van der Waals surface area contributed by atoms with Gasteiger partial charge in [0.15, 0.2) is 0 Å². The highest BCUT2D eigenvalue weighted by molar-refractivity contribution is 7.13. The molecule has 3 rings (SSSR count). The molecule has 5 heteroatoms. The largest absolute Gasteiger partial charge is 0.359 e. The maximum Gasteiger partial charge on any atom is 0.212 e. The minimum Gasteiger partial charge on any atom is -0.359 e. The molecule has 0 bridgehead atoms. The van der Waals surface area contributed by atoms with E-state index in [1.165, 1.54) is 17.4 Å². The van der Waals surface area contributed by atoms with Gasteiger partial charge < -0.3 is 4.98 Å². The van der Waals surface area contributed by atoms with E-state index in [1.807, 2.05) is 0 Å². The molecule has 0 radical (unpaired) electrons. The SMILES string of the molecule is O=C(c1ccc[nH]1)c1c(F)cccc1-c1nccs1. The second-order valence-electron chi connectivity index (χ2n) is 3.91. The molecule has 0 fully saturated rings. The lowest BCUT2D eigenvalue weighted by atomic mass is 10.0. The van der Waals surface area contributed by atoms with Gasteiger partial charge in [0.05, 0.1) is 11.3 Å². The molecule has 0 aliphatic heterocycles. The minimum absolute atomic E-state index is 0.0555. The third-order valence-corrected chi connectivity index (χ3v) is 3.55. The van der Waals surface area contributed by atoms with Gasteiger partial charge in [-0.15, -0.1) is 11.3 Å². The Hall–Kier alpha value is -2.27. The minimum atomic E-state index is -0.535. The summed E-state index contributed by atoms with van der Waals surface area (Å²) in [5.41, 5.74) is 0.942. The number of hydrogen-bond donors (Lipinski definition) is 1. The van der Waals surface area contributed by atoms with Crippen LogP contribution in [0, 0.1) is 5.82 Å².